The van der Waals surface area contributed by atoms with E-state index in [1.807, 2.05) is 18.2 Å². The van der Waals surface area contributed by atoms with Crippen LogP contribution in [0.4, 0.5) is 4.39 Å². The Morgan fingerprint density at radius 3 is 2.69 bits per heavy atom. The largest absolute Gasteiger partial charge is 0.308 e. The van der Waals surface area contributed by atoms with E-state index in [0.29, 0.717) is 18.7 Å². The standard InChI is InChI=1S/C13H13FN2/c14-13-6-2-1-5-12(13)10-16-9-11-4-3-7-15-8-11/h1-8,16H,9-10H2. The van der Waals surface area contributed by atoms with Crippen LogP contribution in [0.15, 0.2) is 48.8 Å². The van der Waals surface area contributed by atoms with E-state index >= 15 is 0 Å². The Kier molecular flexibility index (Phi) is 3.62. The minimum absolute atomic E-state index is 0.166. The molecule has 0 aliphatic rings. The molecule has 0 bridgehead atoms. The molecule has 1 N–H and O–H groups in total. The predicted octanol–water partition coefficient (Wildman–Crippen LogP) is 2.51. The zero-order chi connectivity index (χ0) is 11.2. The van der Waals surface area contributed by atoms with E-state index in [2.05, 4.69) is 10.3 Å². The average Bonchev–Trinajstić information content (AvgIpc) is 2.33. The lowest BCUT2D eigenvalue weighted by atomic mass is 10.2. The maximum absolute atomic E-state index is 13.3. The van der Waals surface area contributed by atoms with Crippen molar-refractivity contribution in [3.05, 3.63) is 65.7 Å². The molecule has 16 heavy (non-hydrogen) atoms. The van der Waals surface area contributed by atoms with Crippen LogP contribution < -0.4 is 5.32 Å². The Labute approximate surface area is 94.2 Å². The molecule has 2 rings (SSSR count). The lowest BCUT2D eigenvalue weighted by molar-refractivity contribution is 0.588. The van der Waals surface area contributed by atoms with Gasteiger partial charge in [0.2, 0.25) is 0 Å². The number of aromatic nitrogens is 1. The van der Waals surface area contributed by atoms with Crippen molar-refractivity contribution < 1.29 is 4.39 Å². The molecule has 82 valence electrons. The van der Waals surface area contributed by atoms with Crippen LogP contribution >= 0.6 is 0 Å². The maximum atomic E-state index is 13.3. The number of hydrogen-bond donors (Lipinski definition) is 1. The van der Waals surface area contributed by atoms with Gasteiger partial charge in [-0.3, -0.25) is 4.98 Å². The highest BCUT2D eigenvalue weighted by Crippen LogP contribution is 2.05. The molecule has 1 aromatic heterocycles. The van der Waals surface area contributed by atoms with Crippen LogP contribution in [0.25, 0.3) is 0 Å². The highest BCUT2D eigenvalue weighted by Gasteiger charge is 1.99. The summed E-state index contributed by atoms with van der Waals surface area (Å²) in [7, 11) is 0. The van der Waals surface area contributed by atoms with Gasteiger partial charge in [0, 0.05) is 31.0 Å². The fraction of sp³-hybridized carbons (Fsp3) is 0.154. The van der Waals surface area contributed by atoms with Gasteiger partial charge in [-0.2, -0.15) is 0 Å². The van der Waals surface area contributed by atoms with Gasteiger partial charge in [0.05, 0.1) is 0 Å². The van der Waals surface area contributed by atoms with Crippen molar-refractivity contribution in [3.8, 4) is 0 Å². The Morgan fingerprint density at radius 2 is 1.94 bits per heavy atom. The first-order valence-electron chi connectivity index (χ1n) is 5.19. The van der Waals surface area contributed by atoms with Crippen molar-refractivity contribution in [1.29, 1.82) is 0 Å². The Morgan fingerprint density at radius 1 is 1.06 bits per heavy atom. The van der Waals surface area contributed by atoms with Crippen molar-refractivity contribution in [2.24, 2.45) is 0 Å². The summed E-state index contributed by atoms with van der Waals surface area (Å²) in [6.07, 6.45) is 3.54. The fourth-order valence-corrected chi connectivity index (χ4v) is 1.49. The number of halogens is 1. The molecular weight excluding hydrogens is 203 g/mol. The summed E-state index contributed by atoms with van der Waals surface area (Å²) in [6, 6.07) is 10.7. The summed E-state index contributed by atoms with van der Waals surface area (Å²) in [5.41, 5.74) is 1.78. The van der Waals surface area contributed by atoms with Gasteiger partial charge < -0.3 is 5.32 Å². The highest BCUT2D eigenvalue weighted by atomic mass is 19.1. The molecule has 0 unspecified atom stereocenters. The van der Waals surface area contributed by atoms with Gasteiger partial charge in [-0.1, -0.05) is 24.3 Å². The molecule has 0 aliphatic carbocycles. The molecule has 0 amide bonds. The van der Waals surface area contributed by atoms with Crippen molar-refractivity contribution >= 4 is 0 Å². The second-order valence-corrected chi connectivity index (χ2v) is 3.56. The van der Waals surface area contributed by atoms with Gasteiger partial charge >= 0.3 is 0 Å². The number of benzene rings is 1. The summed E-state index contributed by atoms with van der Waals surface area (Å²) in [6.45, 7) is 1.23. The van der Waals surface area contributed by atoms with Crippen molar-refractivity contribution in [2.75, 3.05) is 0 Å². The third-order valence-electron chi connectivity index (χ3n) is 2.33. The Balaban J connectivity index is 1.87. The number of nitrogens with zero attached hydrogens (tertiary/aromatic N) is 1. The summed E-state index contributed by atoms with van der Waals surface area (Å²) in [4.78, 5) is 4.01. The van der Waals surface area contributed by atoms with Gasteiger partial charge in [-0.05, 0) is 17.7 Å². The summed E-state index contributed by atoms with van der Waals surface area (Å²) < 4.78 is 13.3. The molecule has 1 heterocycles. The Bertz CT molecular complexity index is 443. The molecule has 0 saturated heterocycles. The fourth-order valence-electron chi connectivity index (χ4n) is 1.49. The van der Waals surface area contributed by atoms with Crippen LogP contribution in [0, 0.1) is 5.82 Å². The molecule has 2 aromatic rings. The Hall–Kier alpha value is -1.74. The normalized spacial score (nSPS) is 10.3. The quantitative estimate of drug-likeness (QED) is 0.849. The van der Waals surface area contributed by atoms with Crippen LogP contribution in [0.5, 0.6) is 0 Å². The van der Waals surface area contributed by atoms with Crippen LogP contribution in [-0.4, -0.2) is 4.98 Å². The molecule has 2 nitrogen and oxygen atoms in total. The first-order chi connectivity index (χ1) is 7.86. The van der Waals surface area contributed by atoms with E-state index in [-0.39, 0.29) is 5.82 Å². The van der Waals surface area contributed by atoms with E-state index in [0.717, 1.165) is 5.56 Å². The molecule has 0 radical (unpaired) electrons. The molecule has 0 spiro atoms. The smallest absolute Gasteiger partial charge is 0.127 e. The van der Waals surface area contributed by atoms with Crippen LogP contribution in [0.2, 0.25) is 0 Å². The molecular formula is C13H13FN2. The second-order valence-electron chi connectivity index (χ2n) is 3.56. The van der Waals surface area contributed by atoms with E-state index in [9.17, 15) is 4.39 Å². The number of nitrogens with one attached hydrogen (secondary N) is 1. The van der Waals surface area contributed by atoms with Crippen molar-refractivity contribution in [3.63, 3.8) is 0 Å². The summed E-state index contributed by atoms with van der Waals surface area (Å²) in [5, 5.41) is 3.18. The second kappa shape index (κ2) is 5.37. The van der Waals surface area contributed by atoms with Gasteiger partial charge in [0.25, 0.3) is 0 Å². The average molecular weight is 216 g/mol. The number of rotatable bonds is 4. The third-order valence-corrected chi connectivity index (χ3v) is 2.33. The monoisotopic (exact) mass is 216 g/mol. The zero-order valence-electron chi connectivity index (χ0n) is 8.86. The highest BCUT2D eigenvalue weighted by molar-refractivity contribution is 5.17. The van der Waals surface area contributed by atoms with E-state index < -0.39 is 0 Å². The molecule has 0 saturated carbocycles. The van der Waals surface area contributed by atoms with E-state index in [4.69, 9.17) is 0 Å². The van der Waals surface area contributed by atoms with Crippen LogP contribution in [0.3, 0.4) is 0 Å². The molecule has 3 heteroatoms. The molecule has 1 aromatic carbocycles. The first kappa shape index (κ1) is 10.8. The number of hydrogen-bond acceptors (Lipinski definition) is 2. The predicted molar refractivity (Wildman–Crippen MR) is 61.2 cm³/mol. The first-order valence-corrected chi connectivity index (χ1v) is 5.19. The van der Waals surface area contributed by atoms with E-state index in [1.54, 1.807) is 24.5 Å². The topological polar surface area (TPSA) is 24.9 Å². The van der Waals surface area contributed by atoms with E-state index in [1.165, 1.54) is 6.07 Å². The van der Waals surface area contributed by atoms with Gasteiger partial charge in [0.15, 0.2) is 0 Å². The van der Waals surface area contributed by atoms with Crippen molar-refractivity contribution in [1.82, 2.24) is 10.3 Å². The minimum atomic E-state index is -0.166. The van der Waals surface area contributed by atoms with Crippen molar-refractivity contribution in [2.45, 2.75) is 13.1 Å². The third kappa shape index (κ3) is 2.87. The minimum Gasteiger partial charge on any atom is -0.308 e. The van der Waals surface area contributed by atoms with Gasteiger partial charge in [-0.15, -0.1) is 0 Å². The SMILES string of the molecule is Fc1ccccc1CNCc1cccnc1. The van der Waals surface area contributed by atoms with Gasteiger partial charge in [0.1, 0.15) is 5.82 Å². The molecule has 0 fully saturated rings. The zero-order valence-corrected chi connectivity index (χ0v) is 8.86. The summed E-state index contributed by atoms with van der Waals surface area (Å²) in [5.74, 6) is -0.166. The lowest BCUT2D eigenvalue weighted by Crippen LogP contribution is -2.13. The van der Waals surface area contributed by atoms with Crippen LogP contribution in [0.1, 0.15) is 11.1 Å². The number of pyridine rings is 1. The van der Waals surface area contributed by atoms with Gasteiger partial charge in [-0.25, -0.2) is 4.39 Å². The molecule has 0 aliphatic heterocycles. The lowest BCUT2D eigenvalue weighted by Gasteiger charge is -2.05. The molecule has 0 atom stereocenters. The summed E-state index contributed by atoms with van der Waals surface area (Å²) >= 11 is 0. The van der Waals surface area contributed by atoms with Crippen LogP contribution in [-0.2, 0) is 13.1 Å². The maximum Gasteiger partial charge on any atom is 0.127 e.